The lowest BCUT2D eigenvalue weighted by molar-refractivity contribution is -0.140. The first-order valence-electron chi connectivity index (χ1n) is 11.7. The van der Waals surface area contributed by atoms with Gasteiger partial charge in [0.15, 0.2) is 0 Å². The average molecular weight is 461 g/mol. The molecule has 2 aliphatic carbocycles. The monoisotopic (exact) mass is 460 g/mol. The second kappa shape index (κ2) is 11.9. The van der Waals surface area contributed by atoms with Crippen LogP contribution in [0.15, 0.2) is 41.8 Å². The Labute approximate surface area is 195 Å². The zero-order valence-electron chi connectivity index (χ0n) is 18.9. The molecule has 1 aromatic rings. The predicted molar refractivity (Wildman–Crippen MR) is 126 cm³/mol. The lowest BCUT2D eigenvalue weighted by Crippen LogP contribution is -2.42. The number of thiophene rings is 1. The van der Waals surface area contributed by atoms with Crippen molar-refractivity contribution in [3.8, 4) is 0 Å². The van der Waals surface area contributed by atoms with Gasteiger partial charge in [0.2, 0.25) is 0 Å². The van der Waals surface area contributed by atoms with Gasteiger partial charge in [-0.2, -0.15) is 0 Å². The van der Waals surface area contributed by atoms with Crippen molar-refractivity contribution in [3.63, 3.8) is 0 Å². The third kappa shape index (κ3) is 6.40. The van der Waals surface area contributed by atoms with Crippen LogP contribution in [-0.2, 0) is 20.7 Å². The summed E-state index contributed by atoms with van der Waals surface area (Å²) < 4.78 is 4.63. The van der Waals surface area contributed by atoms with E-state index in [1.807, 2.05) is 24.3 Å². The molecule has 0 radical (unpaired) electrons. The number of rotatable bonds is 12. The van der Waals surface area contributed by atoms with Gasteiger partial charge in [0.1, 0.15) is 5.78 Å². The van der Waals surface area contributed by atoms with Gasteiger partial charge < -0.3 is 14.9 Å². The largest absolute Gasteiger partial charge is 0.469 e. The molecule has 4 atom stereocenters. The molecule has 2 N–H and O–H groups in total. The lowest BCUT2D eigenvalue weighted by atomic mass is 9.62. The summed E-state index contributed by atoms with van der Waals surface area (Å²) in [5, 5.41) is 23.4. The van der Waals surface area contributed by atoms with Crippen molar-refractivity contribution in [2.75, 3.05) is 7.11 Å². The number of aliphatic hydroxyl groups excluding tert-OH is 2. The molecule has 6 heteroatoms. The number of aliphatic hydroxyl groups is 2. The van der Waals surface area contributed by atoms with Gasteiger partial charge in [0.25, 0.3) is 0 Å². The highest BCUT2D eigenvalue weighted by Gasteiger charge is 2.43. The quantitative estimate of drug-likeness (QED) is 0.270. The third-order valence-corrected chi connectivity index (χ3v) is 8.03. The standard InChI is InChI=1S/C26H36O5S/c1-31-25(30)13-5-3-2-4-10-20-21(23(28)17-22(20)27)11-6-12-24(29)26(14-8-15-26)18-19-9-7-16-32-19/h2,4,6-7,9,11,16,20-21,23-24,28-29H,3,5,8,10,12-15,17-18H2,1H3/b4-2-,11-6+/t20-,21-,23-,24?/m1/s1. The van der Waals surface area contributed by atoms with E-state index in [-0.39, 0.29) is 35.4 Å². The molecule has 32 heavy (non-hydrogen) atoms. The first-order chi connectivity index (χ1) is 15.4. The maximum absolute atomic E-state index is 12.4. The van der Waals surface area contributed by atoms with Crippen LogP contribution in [0.4, 0.5) is 0 Å². The minimum Gasteiger partial charge on any atom is -0.469 e. The molecule has 0 aliphatic heterocycles. The average Bonchev–Trinajstić information content (AvgIpc) is 3.35. The molecular weight excluding hydrogens is 424 g/mol. The molecule has 0 saturated heterocycles. The van der Waals surface area contributed by atoms with Crippen molar-refractivity contribution < 1.29 is 24.5 Å². The van der Waals surface area contributed by atoms with Crippen molar-refractivity contribution >= 4 is 23.1 Å². The second-order valence-corrected chi connectivity index (χ2v) is 10.3. The van der Waals surface area contributed by atoms with Crippen LogP contribution < -0.4 is 0 Å². The van der Waals surface area contributed by atoms with E-state index in [1.54, 1.807) is 11.3 Å². The number of Topliss-reactive ketones (excluding diaryl/α,β-unsaturated/α-hetero) is 1. The number of hydrogen-bond acceptors (Lipinski definition) is 6. The summed E-state index contributed by atoms with van der Waals surface area (Å²) in [5.41, 5.74) is -0.0361. The Kier molecular flexibility index (Phi) is 9.26. The SMILES string of the molecule is COC(=O)CCC/C=C\C[C@H]1C(=O)C[C@@H](O)[C@@H]1/C=C/CC(O)C1(Cc2cccs2)CCC1. The fraction of sp³-hybridized carbons (Fsp3) is 0.615. The van der Waals surface area contributed by atoms with Crippen molar-refractivity contribution in [1.82, 2.24) is 0 Å². The minimum atomic E-state index is -0.655. The summed E-state index contributed by atoms with van der Waals surface area (Å²) in [4.78, 5) is 24.9. The van der Waals surface area contributed by atoms with E-state index < -0.39 is 12.2 Å². The number of ketones is 1. The summed E-state index contributed by atoms with van der Waals surface area (Å²) in [7, 11) is 1.39. The molecule has 0 amide bonds. The van der Waals surface area contributed by atoms with Crippen LogP contribution in [0.25, 0.3) is 0 Å². The van der Waals surface area contributed by atoms with Crippen molar-refractivity contribution in [2.24, 2.45) is 17.3 Å². The lowest BCUT2D eigenvalue weighted by Gasteiger charge is -2.45. The number of carbonyl (C=O) groups is 2. The molecule has 2 fully saturated rings. The predicted octanol–water partition coefficient (Wildman–Crippen LogP) is 4.62. The number of carbonyl (C=O) groups excluding carboxylic acids is 2. The number of methoxy groups -OCH3 is 1. The fourth-order valence-electron chi connectivity index (χ4n) is 4.99. The van der Waals surface area contributed by atoms with E-state index in [4.69, 9.17) is 0 Å². The Morgan fingerprint density at radius 2 is 2.16 bits per heavy atom. The van der Waals surface area contributed by atoms with Gasteiger partial charge in [-0.15, -0.1) is 11.3 Å². The number of esters is 1. The zero-order valence-corrected chi connectivity index (χ0v) is 19.8. The molecule has 1 aromatic heterocycles. The highest BCUT2D eigenvalue weighted by atomic mass is 32.1. The fourth-order valence-corrected chi connectivity index (χ4v) is 5.85. The van der Waals surface area contributed by atoms with Crippen LogP contribution >= 0.6 is 11.3 Å². The Balaban J connectivity index is 1.50. The third-order valence-electron chi connectivity index (χ3n) is 7.15. The van der Waals surface area contributed by atoms with Crippen molar-refractivity contribution in [2.45, 2.75) is 76.4 Å². The maximum atomic E-state index is 12.4. The van der Waals surface area contributed by atoms with Gasteiger partial charge in [-0.1, -0.05) is 36.8 Å². The van der Waals surface area contributed by atoms with E-state index in [9.17, 15) is 19.8 Å². The number of ether oxygens (including phenoxy) is 1. The van der Waals surface area contributed by atoms with E-state index in [0.29, 0.717) is 19.3 Å². The van der Waals surface area contributed by atoms with Crippen LogP contribution in [0.3, 0.4) is 0 Å². The van der Waals surface area contributed by atoms with Crippen molar-refractivity contribution in [1.29, 1.82) is 0 Å². The highest BCUT2D eigenvalue weighted by molar-refractivity contribution is 7.09. The summed E-state index contributed by atoms with van der Waals surface area (Å²) in [6, 6.07) is 4.20. The van der Waals surface area contributed by atoms with Gasteiger partial charge in [-0.05, 0) is 56.4 Å². The highest BCUT2D eigenvalue weighted by Crippen LogP contribution is 2.48. The second-order valence-electron chi connectivity index (χ2n) is 9.25. The van der Waals surface area contributed by atoms with Crippen LogP contribution in [0.1, 0.15) is 62.7 Å². The van der Waals surface area contributed by atoms with Gasteiger partial charge in [0, 0.05) is 35.0 Å². The normalized spacial score (nSPS) is 26.0. The summed E-state index contributed by atoms with van der Waals surface area (Å²) in [5.74, 6) is -0.540. The van der Waals surface area contributed by atoms with Gasteiger partial charge >= 0.3 is 5.97 Å². The van der Waals surface area contributed by atoms with Gasteiger partial charge in [-0.25, -0.2) is 0 Å². The van der Waals surface area contributed by atoms with Crippen LogP contribution in [0.5, 0.6) is 0 Å². The van der Waals surface area contributed by atoms with Crippen LogP contribution in [-0.4, -0.2) is 41.3 Å². The molecule has 5 nitrogen and oxygen atoms in total. The molecule has 176 valence electrons. The van der Waals surface area contributed by atoms with Gasteiger partial charge in [0.05, 0.1) is 19.3 Å². The molecule has 1 unspecified atom stereocenters. The smallest absolute Gasteiger partial charge is 0.305 e. The Hall–Kier alpha value is -1.76. The minimum absolute atomic E-state index is 0.0361. The van der Waals surface area contributed by atoms with Crippen LogP contribution in [0.2, 0.25) is 0 Å². The van der Waals surface area contributed by atoms with Gasteiger partial charge in [-0.3, -0.25) is 9.59 Å². The molecular formula is C26H36O5S. The maximum Gasteiger partial charge on any atom is 0.305 e. The first kappa shape index (κ1) is 24.9. The Morgan fingerprint density at radius 3 is 2.81 bits per heavy atom. The topological polar surface area (TPSA) is 83.8 Å². The summed E-state index contributed by atoms with van der Waals surface area (Å²) in [6.07, 6.45) is 14.2. The number of unbranched alkanes of at least 4 members (excludes halogenated alkanes) is 1. The van der Waals surface area contributed by atoms with E-state index in [2.05, 4.69) is 22.2 Å². The van der Waals surface area contributed by atoms with Crippen molar-refractivity contribution in [3.05, 3.63) is 46.7 Å². The zero-order chi connectivity index (χ0) is 23.0. The molecule has 0 bridgehead atoms. The molecule has 2 aliphatic rings. The Bertz CT molecular complexity index is 793. The molecule has 0 aromatic carbocycles. The van der Waals surface area contributed by atoms with Crippen LogP contribution in [0, 0.1) is 17.3 Å². The van der Waals surface area contributed by atoms with E-state index in [0.717, 1.165) is 38.5 Å². The van der Waals surface area contributed by atoms with E-state index in [1.165, 1.54) is 12.0 Å². The number of hydrogen-bond donors (Lipinski definition) is 2. The number of allylic oxidation sites excluding steroid dienone is 2. The Morgan fingerprint density at radius 1 is 1.34 bits per heavy atom. The molecule has 1 heterocycles. The summed E-state index contributed by atoms with van der Waals surface area (Å²) in [6.45, 7) is 0. The summed E-state index contributed by atoms with van der Waals surface area (Å²) >= 11 is 1.75. The first-order valence-corrected chi connectivity index (χ1v) is 12.6. The molecule has 2 saturated carbocycles. The van der Waals surface area contributed by atoms with E-state index >= 15 is 0 Å². The molecule has 3 rings (SSSR count). The molecule has 0 spiro atoms.